The monoisotopic (exact) mass is 448 g/mol. The average molecular weight is 449 g/mol. The molecule has 1 N–H and O–H groups in total. The van der Waals surface area contributed by atoms with Crippen molar-refractivity contribution >= 4 is 23.6 Å². The molecule has 6 heteroatoms. The molecule has 166 valence electrons. The molecule has 1 fully saturated rings. The number of amides is 2. The van der Waals surface area contributed by atoms with E-state index in [4.69, 9.17) is 4.42 Å². The Morgan fingerprint density at radius 3 is 2.62 bits per heavy atom. The molecule has 0 spiro atoms. The van der Waals surface area contributed by atoms with E-state index in [9.17, 15) is 9.59 Å². The maximum absolute atomic E-state index is 12.9. The predicted molar refractivity (Wildman–Crippen MR) is 127 cm³/mol. The average Bonchev–Trinajstić information content (AvgIpc) is 3.43. The van der Waals surface area contributed by atoms with Crippen LogP contribution >= 0.6 is 11.8 Å². The quantitative estimate of drug-likeness (QED) is 0.515. The van der Waals surface area contributed by atoms with Gasteiger partial charge in [0.15, 0.2) is 0 Å². The van der Waals surface area contributed by atoms with Crippen molar-refractivity contribution < 1.29 is 14.0 Å². The Balaban J connectivity index is 1.46. The first-order valence-electron chi connectivity index (χ1n) is 10.9. The van der Waals surface area contributed by atoms with E-state index in [-0.39, 0.29) is 23.2 Å². The van der Waals surface area contributed by atoms with Gasteiger partial charge in [-0.15, -0.1) is 11.8 Å². The zero-order valence-electron chi connectivity index (χ0n) is 18.6. The second kappa shape index (κ2) is 9.65. The van der Waals surface area contributed by atoms with Gasteiger partial charge in [0.1, 0.15) is 11.1 Å². The van der Waals surface area contributed by atoms with E-state index >= 15 is 0 Å². The predicted octanol–water partition coefficient (Wildman–Crippen LogP) is 5.55. The van der Waals surface area contributed by atoms with Crippen molar-refractivity contribution in [2.24, 2.45) is 0 Å². The summed E-state index contributed by atoms with van der Waals surface area (Å²) in [6.45, 7) is 6.68. The third-order valence-corrected chi connectivity index (χ3v) is 7.10. The van der Waals surface area contributed by atoms with Gasteiger partial charge in [0, 0.05) is 5.56 Å². The van der Waals surface area contributed by atoms with Gasteiger partial charge >= 0.3 is 0 Å². The fourth-order valence-electron chi connectivity index (χ4n) is 4.13. The highest BCUT2D eigenvalue weighted by Gasteiger charge is 2.33. The Morgan fingerprint density at radius 1 is 1.19 bits per heavy atom. The van der Waals surface area contributed by atoms with Crippen molar-refractivity contribution in [3.63, 3.8) is 0 Å². The molecule has 1 aromatic heterocycles. The molecule has 2 amide bonds. The van der Waals surface area contributed by atoms with Crippen LogP contribution in [0.5, 0.6) is 0 Å². The summed E-state index contributed by atoms with van der Waals surface area (Å²) in [5, 5.41) is 3.09. The SMILES string of the molecule is CCC(NC(=O)c1ccc(C2SCC(=O)N2Cc2ccco2)cc1)c1ccc(C)cc1C. The van der Waals surface area contributed by atoms with Crippen molar-refractivity contribution in [3.05, 3.63) is 94.4 Å². The summed E-state index contributed by atoms with van der Waals surface area (Å²) in [4.78, 5) is 27.2. The first-order chi connectivity index (χ1) is 15.5. The lowest BCUT2D eigenvalue weighted by Gasteiger charge is -2.23. The number of hydrogen-bond acceptors (Lipinski definition) is 4. The fourth-order valence-corrected chi connectivity index (χ4v) is 5.32. The molecule has 5 nitrogen and oxygen atoms in total. The molecule has 2 unspecified atom stereocenters. The van der Waals surface area contributed by atoms with E-state index in [0.717, 1.165) is 23.3 Å². The maximum Gasteiger partial charge on any atom is 0.251 e. The highest BCUT2D eigenvalue weighted by molar-refractivity contribution is 8.00. The van der Waals surface area contributed by atoms with Crippen LogP contribution in [-0.2, 0) is 11.3 Å². The van der Waals surface area contributed by atoms with Crippen LogP contribution in [0.4, 0.5) is 0 Å². The minimum Gasteiger partial charge on any atom is -0.467 e. The largest absolute Gasteiger partial charge is 0.467 e. The molecule has 2 aromatic carbocycles. The molecule has 4 rings (SSSR count). The Kier molecular flexibility index (Phi) is 6.70. The molecular formula is C26H28N2O3S. The first-order valence-corrected chi connectivity index (χ1v) is 11.9. The van der Waals surface area contributed by atoms with E-state index < -0.39 is 0 Å². The van der Waals surface area contributed by atoms with Crippen LogP contribution in [-0.4, -0.2) is 22.5 Å². The number of benzene rings is 2. The Morgan fingerprint density at radius 2 is 1.97 bits per heavy atom. The number of carbonyl (C=O) groups excluding carboxylic acids is 2. The zero-order chi connectivity index (χ0) is 22.7. The zero-order valence-corrected chi connectivity index (χ0v) is 19.4. The lowest BCUT2D eigenvalue weighted by molar-refractivity contribution is -0.128. The Labute approximate surface area is 193 Å². The minimum absolute atomic E-state index is 0.0328. The van der Waals surface area contributed by atoms with E-state index in [1.165, 1.54) is 11.1 Å². The van der Waals surface area contributed by atoms with Crippen molar-refractivity contribution in [1.82, 2.24) is 10.2 Å². The molecule has 0 aliphatic carbocycles. The molecule has 1 saturated heterocycles. The molecule has 0 bridgehead atoms. The number of thioether (sulfide) groups is 1. The van der Waals surface area contributed by atoms with Gasteiger partial charge in [-0.3, -0.25) is 9.59 Å². The second-order valence-electron chi connectivity index (χ2n) is 8.18. The van der Waals surface area contributed by atoms with Crippen LogP contribution in [0.3, 0.4) is 0 Å². The van der Waals surface area contributed by atoms with E-state index in [0.29, 0.717) is 17.9 Å². The number of aryl methyl sites for hydroxylation is 2. The third kappa shape index (κ3) is 4.75. The smallest absolute Gasteiger partial charge is 0.251 e. The summed E-state index contributed by atoms with van der Waals surface area (Å²) >= 11 is 1.60. The normalized spacial score (nSPS) is 16.9. The van der Waals surface area contributed by atoms with Gasteiger partial charge in [0.2, 0.25) is 5.91 Å². The van der Waals surface area contributed by atoms with Crippen molar-refractivity contribution in [3.8, 4) is 0 Å². The van der Waals surface area contributed by atoms with Crippen LogP contribution in [0.1, 0.15) is 63.1 Å². The number of nitrogens with zero attached hydrogens (tertiary/aromatic N) is 1. The Hall–Kier alpha value is -2.99. The van der Waals surface area contributed by atoms with Gasteiger partial charge in [0.05, 0.1) is 24.6 Å². The van der Waals surface area contributed by atoms with E-state index in [2.05, 4.69) is 44.3 Å². The number of rotatable bonds is 7. The third-order valence-electron chi connectivity index (χ3n) is 5.85. The molecular weight excluding hydrogens is 420 g/mol. The van der Waals surface area contributed by atoms with Gasteiger partial charge in [0.25, 0.3) is 5.91 Å². The summed E-state index contributed by atoms with van der Waals surface area (Å²) in [6, 6.07) is 17.6. The van der Waals surface area contributed by atoms with E-state index in [1.807, 2.05) is 41.3 Å². The molecule has 1 aliphatic rings. The maximum atomic E-state index is 12.9. The molecule has 1 aliphatic heterocycles. The van der Waals surface area contributed by atoms with E-state index in [1.54, 1.807) is 18.0 Å². The van der Waals surface area contributed by atoms with Crippen molar-refractivity contribution in [2.75, 3.05) is 5.75 Å². The summed E-state index contributed by atoms with van der Waals surface area (Å²) < 4.78 is 5.42. The molecule has 0 radical (unpaired) electrons. The summed E-state index contributed by atoms with van der Waals surface area (Å²) in [5.74, 6) is 1.21. The van der Waals surface area contributed by atoms with Crippen LogP contribution in [0.15, 0.2) is 65.3 Å². The van der Waals surface area contributed by atoms with Gasteiger partial charge in [-0.05, 0) is 61.2 Å². The molecule has 32 heavy (non-hydrogen) atoms. The number of furan rings is 1. The van der Waals surface area contributed by atoms with Gasteiger partial charge in [-0.25, -0.2) is 0 Å². The summed E-state index contributed by atoms with van der Waals surface area (Å²) in [7, 11) is 0. The van der Waals surface area contributed by atoms with Crippen molar-refractivity contribution in [2.45, 2.75) is 45.2 Å². The van der Waals surface area contributed by atoms with Gasteiger partial charge in [-0.2, -0.15) is 0 Å². The summed E-state index contributed by atoms with van der Waals surface area (Å²) in [6.07, 6.45) is 2.43. The molecule has 3 aromatic rings. The molecule has 2 atom stereocenters. The molecule has 2 heterocycles. The lowest BCUT2D eigenvalue weighted by Crippen LogP contribution is -2.29. The second-order valence-corrected chi connectivity index (χ2v) is 9.25. The first kappa shape index (κ1) is 22.2. The summed E-state index contributed by atoms with van der Waals surface area (Å²) in [5.41, 5.74) is 5.17. The lowest BCUT2D eigenvalue weighted by atomic mass is 9.97. The van der Waals surface area contributed by atoms with Crippen LogP contribution < -0.4 is 5.32 Å². The fraction of sp³-hybridized carbons (Fsp3) is 0.308. The standard InChI is InChI=1S/C26H28N2O3S/c1-4-23(22-12-7-17(2)14-18(22)3)27-25(30)19-8-10-20(11-9-19)26-28(24(29)16-32-26)15-21-6-5-13-31-21/h5-14,23,26H,4,15-16H2,1-3H3,(H,27,30). The highest BCUT2D eigenvalue weighted by atomic mass is 32.2. The van der Waals surface area contributed by atoms with Crippen LogP contribution in [0.25, 0.3) is 0 Å². The molecule has 0 saturated carbocycles. The van der Waals surface area contributed by atoms with Crippen LogP contribution in [0, 0.1) is 13.8 Å². The number of hydrogen-bond donors (Lipinski definition) is 1. The van der Waals surface area contributed by atoms with Crippen LogP contribution in [0.2, 0.25) is 0 Å². The minimum atomic E-state index is -0.0917. The van der Waals surface area contributed by atoms with Crippen molar-refractivity contribution in [1.29, 1.82) is 0 Å². The number of carbonyl (C=O) groups is 2. The Bertz CT molecular complexity index is 1090. The van der Waals surface area contributed by atoms with Gasteiger partial charge in [-0.1, -0.05) is 42.8 Å². The highest BCUT2D eigenvalue weighted by Crippen LogP contribution is 2.39. The van der Waals surface area contributed by atoms with Gasteiger partial charge < -0.3 is 14.6 Å². The number of nitrogens with one attached hydrogen (secondary N) is 1. The topological polar surface area (TPSA) is 62.6 Å².